The van der Waals surface area contributed by atoms with Crippen molar-refractivity contribution in [1.82, 2.24) is 0 Å². The molecule has 1 fully saturated rings. The van der Waals surface area contributed by atoms with Gasteiger partial charge in [0.25, 0.3) is 0 Å². The first-order valence-electron chi connectivity index (χ1n) is 9.97. The normalized spacial score (nSPS) is 26.4. The molecule has 4 unspecified atom stereocenters. The van der Waals surface area contributed by atoms with Crippen LogP contribution in [0.1, 0.15) is 44.3 Å². The number of carboxylic acid groups (broad SMARTS) is 1. The first-order chi connectivity index (χ1) is 13.5. The summed E-state index contributed by atoms with van der Waals surface area (Å²) in [5.74, 6) is -0.0464. The molecule has 3 N–H and O–H groups in total. The number of furan rings is 1. The van der Waals surface area contributed by atoms with Crippen LogP contribution < -0.4 is 0 Å². The lowest BCUT2D eigenvalue weighted by Crippen LogP contribution is -2.20. The first-order valence-corrected chi connectivity index (χ1v) is 9.97. The summed E-state index contributed by atoms with van der Waals surface area (Å²) >= 11 is 0. The molecule has 1 heterocycles. The molecule has 1 aliphatic rings. The Balaban J connectivity index is 1.85. The summed E-state index contributed by atoms with van der Waals surface area (Å²) in [6, 6.07) is 3.80. The maximum absolute atomic E-state index is 10.5. The number of hydrogen-bond acceptors (Lipinski definition) is 5. The van der Waals surface area contributed by atoms with E-state index in [2.05, 4.69) is 0 Å². The van der Waals surface area contributed by atoms with Crippen LogP contribution in [-0.2, 0) is 16.0 Å². The molecule has 0 aromatic carbocycles. The smallest absolute Gasteiger partial charge is 0.303 e. The molecule has 1 aliphatic carbocycles. The highest BCUT2D eigenvalue weighted by Crippen LogP contribution is 2.36. The van der Waals surface area contributed by atoms with Crippen molar-refractivity contribution in [3.05, 3.63) is 48.5 Å². The zero-order valence-corrected chi connectivity index (χ0v) is 16.4. The second-order valence-corrected chi connectivity index (χ2v) is 7.38. The van der Waals surface area contributed by atoms with Crippen LogP contribution in [0.15, 0.2) is 47.1 Å². The van der Waals surface area contributed by atoms with E-state index in [0.29, 0.717) is 25.7 Å². The third-order valence-electron chi connectivity index (χ3n) is 5.36. The van der Waals surface area contributed by atoms with E-state index in [1.807, 2.05) is 36.4 Å². The summed E-state index contributed by atoms with van der Waals surface area (Å²) in [4.78, 5) is 10.5. The molecule has 6 heteroatoms. The van der Waals surface area contributed by atoms with Gasteiger partial charge < -0.3 is 24.5 Å². The van der Waals surface area contributed by atoms with Crippen molar-refractivity contribution in [1.29, 1.82) is 0 Å². The Morgan fingerprint density at radius 2 is 2.18 bits per heavy atom. The minimum Gasteiger partial charge on any atom is -0.481 e. The van der Waals surface area contributed by atoms with E-state index in [1.165, 1.54) is 0 Å². The number of methoxy groups -OCH3 is 1. The molecule has 1 aromatic heterocycles. The Labute approximate surface area is 166 Å². The molecule has 156 valence electrons. The number of carbonyl (C=O) groups is 1. The van der Waals surface area contributed by atoms with Crippen LogP contribution in [0, 0.1) is 11.8 Å². The quantitative estimate of drug-likeness (QED) is 0.373. The van der Waals surface area contributed by atoms with Crippen LogP contribution >= 0.6 is 0 Å². The molecule has 0 saturated heterocycles. The molecule has 6 nitrogen and oxygen atoms in total. The van der Waals surface area contributed by atoms with Crippen molar-refractivity contribution in [2.45, 2.75) is 63.3 Å². The Morgan fingerprint density at radius 3 is 2.86 bits per heavy atom. The molecule has 0 bridgehead atoms. The Morgan fingerprint density at radius 1 is 1.36 bits per heavy atom. The number of unbranched alkanes of at least 4 members (excludes halogenated alkanes) is 1. The number of aliphatic hydroxyl groups is 2. The summed E-state index contributed by atoms with van der Waals surface area (Å²) in [5, 5.41) is 29.3. The summed E-state index contributed by atoms with van der Waals surface area (Å²) in [6.45, 7) is 0. The van der Waals surface area contributed by atoms with E-state index in [-0.39, 0.29) is 24.4 Å². The Bertz CT molecular complexity index is 621. The van der Waals surface area contributed by atoms with Crippen LogP contribution in [0.25, 0.3) is 0 Å². The van der Waals surface area contributed by atoms with Crippen molar-refractivity contribution in [2.24, 2.45) is 11.8 Å². The number of aliphatic hydroxyl groups excluding tert-OH is 2. The SMILES string of the molecule is COC(/C=C/C1C(O)CC(O)[C@@H]1C/C=C\CCCC(=O)O)CCc1ccco1. The van der Waals surface area contributed by atoms with Gasteiger partial charge in [-0.05, 0) is 43.7 Å². The maximum Gasteiger partial charge on any atom is 0.303 e. The average Bonchev–Trinajstić information content (AvgIpc) is 3.26. The predicted molar refractivity (Wildman–Crippen MR) is 106 cm³/mol. The number of aryl methyl sites for hydroxylation is 1. The van der Waals surface area contributed by atoms with Gasteiger partial charge in [-0.2, -0.15) is 0 Å². The lowest BCUT2D eigenvalue weighted by atomic mass is 9.89. The van der Waals surface area contributed by atoms with E-state index in [0.717, 1.165) is 18.6 Å². The third-order valence-corrected chi connectivity index (χ3v) is 5.36. The monoisotopic (exact) mass is 392 g/mol. The second-order valence-electron chi connectivity index (χ2n) is 7.38. The molecule has 0 amide bonds. The van der Waals surface area contributed by atoms with Crippen LogP contribution in [0.3, 0.4) is 0 Å². The van der Waals surface area contributed by atoms with Gasteiger partial charge in [-0.25, -0.2) is 0 Å². The van der Waals surface area contributed by atoms with Gasteiger partial charge in [-0.1, -0.05) is 24.3 Å². The lowest BCUT2D eigenvalue weighted by Gasteiger charge is -2.20. The van der Waals surface area contributed by atoms with Crippen molar-refractivity contribution in [2.75, 3.05) is 7.11 Å². The van der Waals surface area contributed by atoms with Gasteiger partial charge in [0.05, 0.1) is 24.6 Å². The topological polar surface area (TPSA) is 100 Å². The first kappa shape index (κ1) is 22.4. The van der Waals surface area contributed by atoms with E-state index >= 15 is 0 Å². The zero-order chi connectivity index (χ0) is 20.4. The maximum atomic E-state index is 10.5. The van der Waals surface area contributed by atoms with E-state index in [4.69, 9.17) is 14.3 Å². The van der Waals surface area contributed by atoms with Gasteiger partial charge in [0.15, 0.2) is 0 Å². The third kappa shape index (κ3) is 7.26. The molecule has 0 radical (unpaired) electrons. The van der Waals surface area contributed by atoms with Crippen LogP contribution in [0.2, 0.25) is 0 Å². The average molecular weight is 392 g/mol. The molecule has 0 spiro atoms. The van der Waals surface area contributed by atoms with Crippen LogP contribution in [-0.4, -0.2) is 46.7 Å². The molecular weight excluding hydrogens is 360 g/mol. The number of rotatable bonds is 12. The van der Waals surface area contributed by atoms with E-state index in [9.17, 15) is 15.0 Å². The highest BCUT2D eigenvalue weighted by Gasteiger charge is 2.39. The number of allylic oxidation sites excluding steroid dienone is 2. The van der Waals surface area contributed by atoms with Crippen molar-refractivity contribution in [3.63, 3.8) is 0 Å². The van der Waals surface area contributed by atoms with Crippen LogP contribution in [0.4, 0.5) is 0 Å². The molecule has 1 aromatic rings. The van der Waals surface area contributed by atoms with Gasteiger partial charge in [-0.15, -0.1) is 0 Å². The Kier molecular flexibility index (Phi) is 9.47. The second kappa shape index (κ2) is 11.8. The largest absolute Gasteiger partial charge is 0.481 e. The Hall–Kier alpha value is -1.89. The fourth-order valence-electron chi connectivity index (χ4n) is 3.73. The van der Waals surface area contributed by atoms with Gasteiger partial charge in [0.1, 0.15) is 5.76 Å². The molecule has 28 heavy (non-hydrogen) atoms. The fraction of sp³-hybridized carbons (Fsp3) is 0.591. The number of aliphatic carboxylic acids is 1. The summed E-state index contributed by atoms with van der Waals surface area (Å²) in [5.41, 5.74) is 0. The van der Waals surface area contributed by atoms with E-state index < -0.39 is 18.2 Å². The molecule has 0 aliphatic heterocycles. The summed E-state index contributed by atoms with van der Waals surface area (Å²) in [6.07, 6.45) is 12.4. The summed E-state index contributed by atoms with van der Waals surface area (Å²) in [7, 11) is 1.66. The van der Waals surface area contributed by atoms with Crippen molar-refractivity contribution >= 4 is 5.97 Å². The predicted octanol–water partition coefficient (Wildman–Crippen LogP) is 3.34. The minimum absolute atomic E-state index is 0.0513. The highest BCUT2D eigenvalue weighted by atomic mass is 16.5. The van der Waals surface area contributed by atoms with Crippen molar-refractivity contribution < 1.29 is 29.3 Å². The zero-order valence-electron chi connectivity index (χ0n) is 16.4. The van der Waals surface area contributed by atoms with Crippen molar-refractivity contribution in [3.8, 4) is 0 Å². The van der Waals surface area contributed by atoms with Gasteiger partial charge in [-0.3, -0.25) is 4.79 Å². The van der Waals surface area contributed by atoms with Crippen LogP contribution in [0.5, 0.6) is 0 Å². The molecule has 1 saturated carbocycles. The van der Waals surface area contributed by atoms with E-state index in [1.54, 1.807) is 13.4 Å². The minimum atomic E-state index is -0.785. The number of ether oxygens (including phenoxy) is 1. The van der Waals surface area contributed by atoms with Gasteiger partial charge in [0, 0.05) is 32.3 Å². The highest BCUT2D eigenvalue weighted by molar-refractivity contribution is 5.66. The summed E-state index contributed by atoms with van der Waals surface area (Å²) < 4.78 is 10.9. The number of carboxylic acids is 1. The van der Waals surface area contributed by atoms with Gasteiger partial charge >= 0.3 is 5.97 Å². The molecule has 2 rings (SSSR count). The molecule has 5 atom stereocenters. The fourth-order valence-corrected chi connectivity index (χ4v) is 3.73. The lowest BCUT2D eigenvalue weighted by molar-refractivity contribution is -0.137. The van der Waals surface area contributed by atoms with Gasteiger partial charge in [0.2, 0.25) is 0 Å². The molecular formula is C22H32O6. The number of hydrogen-bond donors (Lipinski definition) is 3. The standard InChI is InChI=1S/C22H32O6/c1-27-16(10-11-17-7-6-14-28-17)12-13-19-18(20(23)15-21(19)24)8-4-2-3-5-9-22(25)26/h2,4,6-7,12-14,16,18-21,23-24H,3,5,8-11,15H2,1H3,(H,25,26)/b4-2-,13-12+/t16?,18-,19?,20?,21?/m1/s1.